The zero-order valence-corrected chi connectivity index (χ0v) is 17.2. The highest BCUT2D eigenvalue weighted by atomic mass is 32.2. The molecule has 0 aliphatic heterocycles. The molecule has 0 bridgehead atoms. The molecule has 3 rings (SSSR count). The lowest BCUT2D eigenvalue weighted by Gasteiger charge is -2.17. The summed E-state index contributed by atoms with van der Waals surface area (Å²) in [7, 11) is -4.21. The van der Waals surface area contributed by atoms with Crippen molar-refractivity contribution in [2.75, 3.05) is 0 Å². The summed E-state index contributed by atoms with van der Waals surface area (Å²) < 4.78 is 64.7. The molecule has 31 heavy (non-hydrogen) atoms. The largest absolute Gasteiger partial charge is 0.450 e. The first-order valence-electron chi connectivity index (χ1n) is 9.50. The summed E-state index contributed by atoms with van der Waals surface area (Å²) >= 11 is 0. The smallest absolute Gasteiger partial charge is 0.320 e. The third-order valence-corrected chi connectivity index (χ3v) is 6.68. The van der Waals surface area contributed by atoms with E-state index in [0.717, 1.165) is 5.56 Å². The predicted octanol–water partition coefficient (Wildman–Crippen LogP) is 2.61. The summed E-state index contributed by atoms with van der Waals surface area (Å²) in [5, 5.41) is 0. The van der Waals surface area contributed by atoms with Crippen LogP contribution in [-0.4, -0.2) is 32.3 Å². The first-order chi connectivity index (χ1) is 14.4. The minimum absolute atomic E-state index is 0.150. The number of carbonyl (C=O) groups is 2. The Kier molecular flexibility index (Phi) is 6.24. The Morgan fingerprint density at radius 1 is 1.03 bits per heavy atom. The zero-order valence-electron chi connectivity index (χ0n) is 16.4. The van der Waals surface area contributed by atoms with Gasteiger partial charge in [-0.15, -0.1) is 0 Å². The maximum Gasteiger partial charge on any atom is 0.450 e. The van der Waals surface area contributed by atoms with Crippen molar-refractivity contribution in [1.82, 2.24) is 4.72 Å². The number of rotatable bonds is 8. The molecule has 1 saturated carbocycles. The molecule has 1 atom stereocenters. The van der Waals surface area contributed by atoms with Crippen molar-refractivity contribution in [2.45, 2.75) is 48.2 Å². The van der Waals surface area contributed by atoms with Crippen molar-refractivity contribution in [1.29, 1.82) is 0 Å². The lowest BCUT2D eigenvalue weighted by Crippen LogP contribution is -2.44. The molecule has 1 aliphatic carbocycles. The Bertz CT molecular complexity index is 1060. The minimum atomic E-state index is -4.90. The third kappa shape index (κ3) is 5.50. The van der Waals surface area contributed by atoms with Gasteiger partial charge in [0.2, 0.25) is 5.78 Å². The number of carbonyl (C=O) groups excluding carboxylic acids is 2. The third-order valence-electron chi connectivity index (χ3n) is 5.32. The summed E-state index contributed by atoms with van der Waals surface area (Å²) in [5.74, 6) is -2.68. The number of Topliss-reactive ketones (excluding diaryl/α,β-unsaturated/α-hetero) is 1. The van der Waals surface area contributed by atoms with E-state index >= 15 is 0 Å². The monoisotopic (exact) mass is 454 g/mol. The molecule has 0 radical (unpaired) electrons. The van der Waals surface area contributed by atoms with E-state index in [4.69, 9.17) is 5.73 Å². The van der Waals surface area contributed by atoms with Crippen LogP contribution in [0.15, 0.2) is 59.5 Å². The lowest BCUT2D eigenvalue weighted by molar-refractivity contribution is -0.171. The van der Waals surface area contributed by atoms with E-state index in [0.29, 0.717) is 18.4 Å². The molecule has 0 aromatic heterocycles. The van der Waals surface area contributed by atoms with E-state index in [1.54, 1.807) is 30.3 Å². The topological polar surface area (TPSA) is 106 Å². The molecule has 10 heteroatoms. The van der Waals surface area contributed by atoms with Crippen molar-refractivity contribution < 1.29 is 31.2 Å². The second-order valence-corrected chi connectivity index (χ2v) is 9.35. The molecule has 1 fully saturated rings. The normalized spacial score (nSPS) is 16.4. The molecule has 0 spiro atoms. The van der Waals surface area contributed by atoms with E-state index in [9.17, 15) is 31.2 Å². The molecule has 2 aromatic carbocycles. The fourth-order valence-corrected chi connectivity index (χ4v) is 4.37. The van der Waals surface area contributed by atoms with E-state index in [-0.39, 0.29) is 11.3 Å². The van der Waals surface area contributed by atoms with Crippen molar-refractivity contribution in [2.24, 2.45) is 5.73 Å². The second-order valence-electron chi connectivity index (χ2n) is 7.67. The molecular weight excluding hydrogens is 433 g/mol. The summed E-state index contributed by atoms with van der Waals surface area (Å²) in [6.07, 6.45) is -4.61. The first kappa shape index (κ1) is 23.0. The second kappa shape index (κ2) is 8.43. The highest BCUT2D eigenvalue weighted by Gasteiger charge is 2.51. The van der Waals surface area contributed by atoms with Crippen molar-refractivity contribution in [3.63, 3.8) is 0 Å². The minimum Gasteiger partial charge on any atom is -0.320 e. The Labute approximate surface area is 177 Å². The van der Waals surface area contributed by atoms with Crippen molar-refractivity contribution >= 4 is 21.7 Å². The maximum absolute atomic E-state index is 12.6. The quantitative estimate of drug-likeness (QED) is 0.638. The lowest BCUT2D eigenvalue weighted by atomic mass is 9.90. The molecule has 1 amide bonds. The Morgan fingerprint density at radius 3 is 2.13 bits per heavy atom. The molecule has 0 unspecified atom stereocenters. The summed E-state index contributed by atoms with van der Waals surface area (Å²) in [5.41, 5.74) is 6.11. The van der Waals surface area contributed by atoms with Crippen LogP contribution in [0.1, 0.15) is 30.4 Å². The Hall–Kier alpha value is -2.72. The van der Waals surface area contributed by atoms with Crippen molar-refractivity contribution in [3.8, 4) is 0 Å². The Balaban J connectivity index is 1.67. The number of hydrogen-bond donors (Lipinski definition) is 2. The van der Waals surface area contributed by atoms with E-state index < -0.39 is 45.8 Å². The van der Waals surface area contributed by atoms with E-state index in [1.165, 1.54) is 24.3 Å². The SMILES string of the molecule is N[C@@H](Cc1ccccc1)C(=O)NS(=O)(=O)c1ccc(C2(CC(=O)C(F)(F)F)CC2)cc1. The van der Waals surface area contributed by atoms with Gasteiger partial charge in [-0.25, -0.2) is 13.1 Å². The molecule has 6 nitrogen and oxygen atoms in total. The number of hydrogen-bond acceptors (Lipinski definition) is 5. The van der Waals surface area contributed by atoms with Crippen LogP contribution >= 0.6 is 0 Å². The van der Waals surface area contributed by atoms with Crippen LogP contribution in [0.5, 0.6) is 0 Å². The summed E-state index contributed by atoms with van der Waals surface area (Å²) in [4.78, 5) is 23.4. The zero-order chi connectivity index (χ0) is 22.9. The van der Waals surface area contributed by atoms with Gasteiger partial charge in [0.15, 0.2) is 0 Å². The number of alkyl halides is 3. The van der Waals surface area contributed by atoms with Crippen LogP contribution in [0.4, 0.5) is 13.2 Å². The number of amides is 1. The van der Waals surface area contributed by atoms with Gasteiger partial charge in [-0.05, 0) is 42.5 Å². The summed E-state index contributed by atoms with van der Waals surface area (Å²) in [6.45, 7) is 0. The predicted molar refractivity (Wildman–Crippen MR) is 106 cm³/mol. The fourth-order valence-electron chi connectivity index (χ4n) is 3.34. The molecule has 2 aromatic rings. The number of nitrogens with one attached hydrogen (secondary N) is 1. The van der Waals surface area contributed by atoms with Crippen LogP contribution in [0.3, 0.4) is 0 Å². The van der Waals surface area contributed by atoms with Gasteiger partial charge in [-0.2, -0.15) is 13.2 Å². The van der Waals surface area contributed by atoms with Gasteiger partial charge in [0.25, 0.3) is 15.9 Å². The van der Waals surface area contributed by atoms with Gasteiger partial charge in [-0.1, -0.05) is 42.5 Å². The van der Waals surface area contributed by atoms with Gasteiger partial charge < -0.3 is 5.73 Å². The van der Waals surface area contributed by atoms with E-state index in [1.807, 2.05) is 4.72 Å². The highest BCUT2D eigenvalue weighted by molar-refractivity contribution is 7.90. The molecular formula is C21H21F3N2O4S. The molecule has 3 N–H and O–H groups in total. The number of ketones is 1. The van der Waals surface area contributed by atoms with Crippen LogP contribution in [0, 0.1) is 0 Å². The number of halogens is 3. The Morgan fingerprint density at radius 2 is 1.61 bits per heavy atom. The number of sulfonamides is 1. The highest BCUT2D eigenvalue weighted by Crippen LogP contribution is 2.52. The first-order valence-corrected chi connectivity index (χ1v) is 11.0. The number of benzene rings is 2. The van der Waals surface area contributed by atoms with Crippen LogP contribution in [-0.2, 0) is 31.4 Å². The fraction of sp³-hybridized carbons (Fsp3) is 0.333. The average molecular weight is 454 g/mol. The van der Waals surface area contributed by atoms with E-state index in [2.05, 4.69) is 0 Å². The maximum atomic E-state index is 12.6. The standard InChI is InChI=1S/C21H21F3N2O4S/c22-21(23,24)18(27)13-20(10-11-20)15-6-8-16(9-7-15)31(29,30)26-19(28)17(25)12-14-4-2-1-3-5-14/h1-9,17H,10-13,25H2,(H,26,28)/t17-/m0/s1. The summed E-state index contributed by atoms with van der Waals surface area (Å²) in [6, 6.07) is 12.9. The van der Waals surface area contributed by atoms with Crippen LogP contribution in [0.25, 0.3) is 0 Å². The molecule has 166 valence electrons. The van der Waals surface area contributed by atoms with Gasteiger partial charge >= 0.3 is 6.18 Å². The average Bonchev–Trinajstić information content (AvgIpc) is 3.48. The van der Waals surface area contributed by atoms with Gasteiger partial charge in [0.1, 0.15) is 0 Å². The van der Waals surface area contributed by atoms with Gasteiger partial charge in [0, 0.05) is 11.8 Å². The van der Waals surface area contributed by atoms with Crippen LogP contribution in [0.2, 0.25) is 0 Å². The van der Waals surface area contributed by atoms with Crippen LogP contribution < -0.4 is 10.5 Å². The van der Waals surface area contributed by atoms with Gasteiger partial charge in [0.05, 0.1) is 10.9 Å². The molecule has 1 aliphatic rings. The molecule has 0 saturated heterocycles. The van der Waals surface area contributed by atoms with Gasteiger partial charge in [-0.3, -0.25) is 9.59 Å². The molecule has 0 heterocycles. The number of nitrogens with two attached hydrogens (primary N) is 1. The van der Waals surface area contributed by atoms with Crippen molar-refractivity contribution in [3.05, 3.63) is 65.7 Å².